The van der Waals surface area contributed by atoms with Gasteiger partial charge in [0.05, 0.1) is 19.0 Å². The Morgan fingerprint density at radius 2 is 2.35 bits per heavy atom. The Bertz CT molecular complexity index is 711. The lowest BCUT2D eigenvalue weighted by Crippen LogP contribution is -2.24. The van der Waals surface area contributed by atoms with Crippen LogP contribution < -0.4 is 5.56 Å². The predicted molar refractivity (Wildman–Crippen MR) is 66.6 cm³/mol. The number of aliphatic hydroxyl groups is 2. The number of nitrogens with zero attached hydrogens (tertiary/aromatic N) is 3. The minimum absolute atomic E-state index is 0.111. The third-order valence-electron chi connectivity index (χ3n) is 3.54. The number of fused-ring (bicyclic) bond motifs is 1. The smallest absolute Gasteiger partial charge is 0.265 e. The van der Waals surface area contributed by atoms with Gasteiger partial charge >= 0.3 is 0 Å². The molecule has 0 saturated carbocycles. The van der Waals surface area contributed by atoms with E-state index in [1.54, 1.807) is 0 Å². The fraction of sp³-hybridized carbons (Fsp3) is 0.500. The molecule has 0 bridgehead atoms. The zero-order valence-corrected chi connectivity index (χ0v) is 10.7. The van der Waals surface area contributed by atoms with Crippen molar-refractivity contribution in [3.8, 4) is 0 Å². The van der Waals surface area contributed by atoms with E-state index in [4.69, 9.17) is 9.84 Å². The fourth-order valence-electron chi connectivity index (χ4n) is 2.45. The number of hydrogen-bond donors (Lipinski definition) is 2. The van der Waals surface area contributed by atoms with Crippen molar-refractivity contribution in [1.29, 1.82) is 0 Å². The molecule has 7 nitrogen and oxygen atoms in total. The summed E-state index contributed by atoms with van der Waals surface area (Å²) < 4.78 is 22.0. The van der Waals surface area contributed by atoms with Crippen LogP contribution in [-0.2, 0) is 11.8 Å². The number of halogens is 1. The quantitative estimate of drug-likeness (QED) is 0.776. The molecule has 3 heterocycles. The first-order valence-corrected chi connectivity index (χ1v) is 6.19. The van der Waals surface area contributed by atoms with Crippen molar-refractivity contribution in [2.24, 2.45) is 7.05 Å². The van der Waals surface area contributed by atoms with Gasteiger partial charge in [-0.05, 0) is 0 Å². The van der Waals surface area contributed by atoms with Gasteiger partial charge < -0.3 is 24.1 Å². The van der Waals surface area contributed by atoms with Gasteiger partial charge in [0.1, 0.15) is 17.7 Å². The first-order valence-electron chi connectivity index (χ1n) is 6.19. The summed E-state index contributed by atoms with van der Waals surface area (Å²) in [6.07, 6.45) is 0.426. The molecule has 3 atom stereocenters. The molecular formula is C12H14FN3O4. The van der Waals surface area contributed by atoms with Gasteiger partial charge in [0.25, 0.3) is 5.56 Å². The van der Waals surface area contributed by atoms with E-state index in [0.717, 1.165) is 6.20 Å². The molecule has 3 rings (SSSR count). The maximum atomic E-state index is 13.9. The molecule has 1 aliphatic rings. The maximum absolute atomic E-state index is 13.9. The van der Waals surface area contributed by atoms with Gasteiger partial charge in [0.15, 0.2) is 11.5 Å². The van der Waals surface area contributed by atoms with Crippen molar-refractivity contribution in [3.63, 3.8) is 0 Å². The third-order valence-corrected chi connectivity index (χ3v) is 3.54. The van der Waals surface area contributed by atoms with Gasteiger partial charge in [-0.15, -0.1) is 0 Å². The zero-order valence-electron chi connectivity index (χ0n) is 10.7. The Hall–Kier alpha value is -1.77. The van der Waals surface area contributed by atoms with Crippen molar-refractivity contribution < 1.29 is 19.3 Å². The van der Waals surface area contributed by atoms with E-state index in [1.165, 1.54) is 22.5 Å². The van der Waals surface area contributed by atoms with Crippen LogP contribution >= 0.6 is 0 Å². The van der Waals surface area contributed by atoms with Gasteiger partial charge in [-0.3, -0.25) is 4.79 Å². The first kappa shape index (κ1) is 13.2. The second-order valence-corrected chi connectivity index (χ2v) is 4.86. The van der Waals surface area contributed by atoms with Crippen molar-refractivity contribution in [2.45, 2.75) is 24.9 Å². The normalized spacial score (nSPS) is 26.5. The second-order valence-electron chi connectivity index (χ2n) is 4.86. The largest absolute Gasteiger partial charge is 0.394 e. The molecule has 2 aromatic rings. The number of ether oxygens (including phenoxy) is 1. The molecule has 1 fully saturated rings. The molecule has 1 aliphatic heterocycles. The average Bonchev–Trinajstić information content (AvgIpc) is 2.95. The van der Waals surface area contributed by atoms with Crippen molar-refractivity contribution in [3.05, 3.63) is 28.7 Å². The van der Waals surface area contributed by atoms with Crippen molar-refractivity contribution in [1.82, 2.24) is 14.1 Å². The Labute approximate surface area is 112 Å². The van der Waals surface area contributed by atoms with Gasteiger partial charge in [-0.1, -0.05) is 0 Å². The monoisotopic (exact) mass is 283 g/mol. The average molecular weight is 283 g/mol. The Morgan fingerprint density at radius 3 is 3.00 bits per heavy atom. The molecule has 1 saturated heterocycles. The standard InChI is InChI=1S/C12H14FN3O4/c1-15-5-14-11-10(12(15)19)6(13)3-16(11)9-2-7(18)8(4-17)20-9/h3,5,7-9,17-18H,2,4H2,1H3/t7-,8?,9?/m0/s1. The van der Waals surface area contributed by atoms with E-state index in [2.05, 4.69) is 4.98 Å². The van der Waals surface area contributed by atoms with Crippen molar-refractivity contribution in [2.75, 3.05) is 6.61 Å². The molecule has 20 heavy (non-hydrogen) atoms. The lowest BCUT2D eigenvalue weighted by Gasteiger charge is -2.14. The van der Waals surface area contributed by atoms with Crippen LogP contribution in [0.4, 0.5) is 4.39 Å². The summed E-state index contributed by atoms with van der Waals surface area (Å²) >= 11 is 0. The van der Waals surface area contributed by atoms with Gasteiger partial charge in [-0.2, -0.15) is 0 Å². The van der Waals surface area contributed by atoms with E-state index in [1.807, 2.05) is 0 Å². The second kappa shape index (κ2) is 4.65. The van der Waals surface area contributed by atoms with Crippen LogP contribution in [0.2, 0.25) is 0 Å². The molecule has 2 aromatic heterocycles. The van der Waals surface area contributed by atoms with Crippen LogP contribution in [0.1, 0.15) is 12.6 Å². The topological polar surface area (TPSA) is 89.5 Å². The summed E-state index contributed by atoms with van der Waals surface area (Å²) in [5, 5.41) is 18.7. The van der Waals surface area contributed by atoms with Crippen LogP contribution in [0, 0.1) is 5.82 Å². The highest BCUT2D eigenvalue weighted by Crippen LogP contribution is 2.31. The molecule has 2 unspecified atom stereocenters. The summed E-state index contributed by atoms with van der Waals surface area (Å²) in [5.41, 5.74) is -0.315. The summed E-state index contributed by atoms with van der Waals surface area (Å²) in [7, 11) is 1.49. The highest BCUT2D eigenvalue weighted by atomic mass is 19.1. The molecule has 0 radical (unpaired) electrons. The molecule has 0 aromatic carbocycles. The summed E-state index contributed by atoms with van der Waals surface area (Å²) in [5.74, 6) is -0.681. The van der Waals surface area contributed by atoms with E-state index in [0.29, 0.717) is 0 Å². The Balaban J connectivity index is 2.10. The van der Waals surface area contributed by atoms with E-state index >= 15 is 0 Å². The summed E-state index contributed by atoms with van der Waals surface area (Å²) in [6, 6.07) is 0. The predicted octanol–water partition coefficient (Wildman–Crippen LogP) is -0.485. The third kappa shape index (κ3) is 1.84. The minimum atomic E-state index is -0.836. The number of aromatic nitrogens is 3. The Kier molecular flexibility index (Phi) is 3.08. The minimum Gasteiger partial charge on any atom is -0.394 e. The van der Waals surface area contributed by atoms with Gasteiger partial charge in [0.2, 0.25) is 0 Å². The van der Waals surface area contributed by atoms with E-state index in [-0.39, 0.29) is 24.1 Å². The highest BCUT2D eigenvalue weighted by molar-refractivity contribution is 5.75. The van der Waals surface area contributed by atoms with Crippen LogP contribution in [0.15, 0.2) is 17.3 Å². The van der Waals surface area contributed by atoms with E-state index in [9.17, 15) is 14.3 Å². The number of aryl methyl sites for hydroxylation is 1. The zero-order chi connectivity index (χ0) is 14.4. The maximum Gasteiger partial charge on any atom is 0.265 e. The van der Waals surface area contributed by atoms with Crippen LogP contribution in [0.25, 0.3) is 11.0 Å². The summed E-state index contributed by atoms with van der Waals surface area (Å²) in [6.45, 7) is -0.325. The summed E-state index contributed by atoms with van der Waals surface area (Å²) in [4.78, 5) is 15.9. The molecule has 108 valence electrons. The van der Waals surface area contributed by atoms with Crippen molar-refractivity contribution >= 4 is 11.0 Å². The molecule has 8 heteroatoms. The van der Waals surface area contributed by atoms with Crippen LogP contribution in [0.3, 0.4) is 0 Å². The lowest BCUT2D eigenvalue weighted by molar-refractivity contribution is -0.0431. The first-order chi connectivity index (χ1) is 9.52. The molecular weight excluding hydrogens is 269 g/mol. The van der Waals surface area contributed by atoms with Gasteiger partial charge in [-0.25, -0.2) is 9.37 Å². The Morgan fingerprint density at radius 1 is 1.60 bits per heavy atom. The SMILES string of the molecule is Cn1cnc2c(c(F)cn2C2C[C@H](O)C(CO)O2)c1=O. The van der Waals surface area contributed by atoms with Gasteiger partial charge in [0, 0.05) is 19.7 Å². The highest BCUT2D eigenvalue weighted by Gasteiger charge is 2.35. The van der Waals surface area contributed by atoms with Crippen LogP contribution in [-0.4, -0.2) is 43.1 Å². The number of aliphatic hydroxyl groups excluding tert-OH is 2. The number of rotatable bonds is 2. The van der Waals surface area contributed by atoms with E-state index < -0.39 is 29.8 Å². The van der Waals surface area contributed by atoms with Crippen LogP contribution in [0.5, 0.6) is 0 Å². The molecule has 0 aliphatic carbocycles. The molecule has 0 amide bonds. The molecule has 0 spiro atoms. The number of hydrogen-bond acceptors (Lipinski definition) is 5. The molecule has 2 N–H and O–H groups in total. The fourth-order valence-corrected chi connectivity index (χ4v) is 2.45. The lowest BCUT2D eigenvalue weighted by atomic mass is 10.2.